The van der Waals surface area contributed by atoms with E-state index in [1.807, 2.05) is 43.3 Å². The molecule has 2 aromatic carbocycles. The largest absolute Gasteiger partial charge is 0.329 e. The third-order valence-corrected chi connectivity index (χ3v) is 7.12. The molecule has 0 aliphatic carbocycles. The molecular formula is C28H29NO2S. The Morgan fingerprint density at radius 3 is 2.41 bits per heavy atom. The zero-order valence-electron chi connectivity index (χ0n) is 18.8. The molecule has 0 amide bonds. The highest BCUT2D eigenvalue weighted by Gasteiger charge is 2.34. The molecule has 0 saturated carbocycles. The van der Waals surface area contributed by atoms with Gasteiger partial charge in [-0.2, -0.15) is 0 Å². The van der Waals surface area contributed by atoms with Gasteiger partial charge in [-0.05, 0) is 41.3 Å². The van der Waals surface area contributed by atoms with Gasteiger partial charge in [0.15, 0.2) is 12.1 Å². The number of nitrogens with two attached hydrogens (primary N) is 1. The van der Waals surface area contributed by atoms with E-state index in [0.29, 0.717) is 18.4 Å². The molecule has 0 saturated heterocycles. The standard InChI is InChI=1S/C28H29NO2S/c1-19-10-8-9-13-24(19)27(31)22(18-30)16-23-14-20(2)28(3,4)25(26(17-29)32-23)15-21-11-6-5-7-12-21/h5-16,18,26H,2,17,29H2,1,3-4H3/b22-16-,25-15+. The maximum Gasteiger partial charge on any atom is 0.196 e. The maximum atomic E-state index is 13.0. The summed E-state index contributed by atoms with van der Waals surface area (Å²) in [5.74, 6) is -0.280. The topological polar surface area (TPSA) is 60.2 Å². The van der Waals surface area contributed by atoms with Gasteiger partial charge in [0.1, 0.15) is 0 Å². The third-order valence-electron chi connectivity index (χ3n) is 5.88. The molecule has 0 bridgehead atoms. The Morgan fingerprint density at radius 2 is 1.78 bits per heavy atom. The zero-order valence-corrected chi connectivity index (χ0v) is 19.6. The van der Waals surface area contributed by atoms with Gasteiger partial charge in [0, 0.05) is 27.7 Å². The van der Waals surface area contributed by atoms with Crippen molar-refractivity contribution in [3.63, 3.8) is 0 Å². The Hall–Kier alpha value is -2.95. The first-order valence-electron chi connectivity index (χ1n) is 10.6. The number of carbonyl (C=O) groups is 2. The summed E-state index contributed by atoms with van der Waals surface area (Å²) in [6.45, 7) is 10.9. The van der Waals surface area contributed by atoms with Crippen molar-refractivity contribution in [1.29, 1.82) is 0 Å². The van der Waals surface area contributed by atoms with Crippen molar-refractivity contribution in [2.45, 2.75) is 26.0 Å². The smallest absolute Gasteiger partial charge is 0.196 e. The molecule has 164 valence electrons. The number of hydrogen-bond acceptors (Lipinski definition) is 4. The van der Waals surface area contributed by atoms with Crippen molar-refractivity contribution in [2.75, 3.05) is 6.54 Å². The lowest BCUT2D eigenvalue weighted by Crippen LogP contribution is -2.28. The molecule has 0 fully saturated rings. The van der Waals surface area contributed by atoms with E-state index in [2.05, 4.69) is 38.6 Å². The van der Waals surface area contributed by atoms with Gasteiger partial charge in [-0.25, -0.2) is 0 Å². The summed E-state index contributed by atoms with van der Waals surface area (Å²) >= 11 is 1.57. The molecule has 1 heterocycles. The van der Waals surface area contributed by atoms with Gasteiger partial charge in [-0.3, -0.25) is 9.59 Å². The maximum absolute atomic E-state index is 13.0. The number of ketones is 1. The SMILES string of the molecule is C=C1C=C(/C=C(/C=O)C(=O)c2ccccc2C)SC(CN)/C(=C\c2ccccc2)C1(C)C. The number of thioether (sulfide) groups is 1. The lowest BCUT2D eigenvalue weighted by molar-refractivity contribution is -0.104. The van der Waals surface area contributed by atoms with Crippen LogP contribution in [0.1, 0.15) is 35.3 Å². The number of aryl methyl sites for hydroxylation is 1. The Labute approximate surface area is 194 Å². The molecule has 2 aromatic rings. The fourth-order valence-electron chi connectivity index (χ4n) is 3.74. The van der Waals surface area contributed by atoms with Gasteiger partial charge < -0.3 is 5.73 Å². The minimum atomic E-state index is -0.330. The molecule has 3 nitrogen and oxygen atoms in total. The number of aldehydes is 1. The summed E-state index contributed by atoms with van der Waals surface area (Å²) < 4.78 is 0. The molecule has 0 spiro atoms. The van der Waals surface area contributed by atoms with Gasteiger partial charge in [-0.15, -0.1) is 11.8 Å². The number of carbonyl (C=O) groups excluding carboxylic acids is 2. The summed E-state index contributed by atoms with van der Waals surface area (Å²) in [7, 11) is 0. The summed E-state index contributed by atoms with van der Waals surface area (Å²) in [4.78, 5) is 25.7. The Bertz CT molecular complexity index is 1120. The molecule has 4 heteroatoms. The number of Topliss-reactive ketones (excluding diaryl/α,β-unsaturated/α-hetero) is 1. The van der Waals surface area contributed by atoms with Crippen LogP contribution in [0.25, 0.3) is 6.08 Å². The Balaban J connectivity index is 2.03. The van der Waals surface area contributed by atoms with Gasteiger partial charge >= 0.3 is 0 Å². The van der Waals surface area contributed by atoms with Crippen molar-refractivity contribution in [3.05, 3.63) is 112 Å². The Morgan fingerprint density at radius 1 is 1.12 bits per heavy atom. The van der Waals surface area contributed by atoms with E-state index in [-0.39, 0.29) is 22.0 Å². The first-order valence-corrected chi connectivity index (χ1v) is 11.5. The average Bonchev–Trinajstić information content (AvgIpc) is 2.87. The van der Waals surface area contributed by atoms with Crippen molar-refractivity contribution < 1.29 is 9.59 Å². The molecule has 1 aliphatic rings. The van der Waals surface area contributed by atoms with Crippen LogP contribution in [0.3, 0.4) is 0 Å². The molecule has 1 unspecified atom stereocenters. The molecule has 32 heavy (non-hydrogen) atoms. The fourth-order valence-corrected chi connectivity index (χ4v) is 5.06. The van der Waals surface area contributed by atoms with Gasteiger partial charge in [-0.1, -0.05) is 81.1 Å². The lowest BCUT2D eigenvalue weighted by atomic mass is 9.75. The lowest BCUT2D eigenvalue weighted by Gasteiger charge is -2.32. The number of rotatable bonds is 6. The van der Waals surface area contributed by atoms with Crippen LogP contribution >= 0.6 is 11.8 Å². The highest BCUT2D eigenvalue weighted by atomic mass is 32.2. The fraction of sp³-hybridized carbons (Fsp3) is 0.214. The first kappa shape index (κ1) is 23.7. The van der Waals surface area contributed by atoms with Crippen LogP contribution in [0, 0.1) is 12.3 Å². The predicted octanol–water partition coefficient (Wildman–Crippen LogP) is 5.93. The van der Waals surface area contributed by atoms with Crippen molar-refractivity contribution in [1.82, 2.24) is 0 Å². The summed E-state index contributed by atoms with van der Waals surface area (Å²) in [6, 6.07) is 17.4. The number of hydrogen-bond donors (Lipinski definition) is 1. The van der Waals surface area contributed by atoms with E-state index in [4.69, 9.17) is 5.73 Å². The molecular weight excluding hydrogens is 414 g/mol. The molecule has 0 radical (unpaired) electrons. The highest BCUT2D eigenvalue weighted by molar-refractivity contribution is 8.04. The van der Waals surface area contributed by atoms with E-state index in [0.717, 1.165) is 21.6 Å². The predicted molar refractivity (Wildman–Crippen MR) is 136 cm³/mol. The van der Waals surface area contributed by atoms with E-state index < -0.39 is 0 Å². The van der Waals surface area contributed by atoms with Gasteiger partial charge in [0.25, 0.3) is 0 Å². The third kappa shape index (κ3) is 5.09. The number of allylic oxidation sites excluding steroid dienone is 4. The van der Waals surface area contributed by atoms with Crippen LogP contribution in [0.4, 0.5) is 0 Å². The molecule has 1 aliphatic heterocycles. The van der Waals surface area contributed by atoms with Crippen LogP contribution in [0.5, 0.6) is 0 Å². The number of benzene rings is 2. The van der Waals surface area contributed by atoms with Crippen molar-refractivity contribution in [3.8, 4) is 0 Å². The summed E-state index contributed by atoms with van der Waals surface area (Å²) in [5, 5.41) is -0.0200. The normalized spacial score (nSPS) is 19.9. The van der Waals surface area contributed by atoms with Crippen LogP contribution < -0.4 is 5.73 Å². The second-order valence-corrected chi connectivity index (χ2v) is 9.69. The summed E-state index contributed by atoms with van der Waals surface area (Å²) in [6.07, 6.45) is 6.44. The van der Waals surface area contributed by atoms with Gasteiger partial charge in [0.05, 0.1) is 5.57 Å². The molecule has 3 rings (SSSR count). The molecule has 2 N–H and O–H groups in total. The highest BCUT2D eigenvalue weighted by Crippen LogP contribution is 2.47. The first-order chi connectivity index (χ1) is 15.3. The minimum Gasteiger partial charge on any atom is -0.329 e. The van der Waals surface area contributed by atoms with E-state index in [9.17, 15) is 9.59 Å². The minimum absolute atomic E-state index is 0.0200. The van der Waals surface area contributed by atoms with Crippen molar-refractivity contribution in [2.24, 2.45) is 11.1 Å². The monoisotopic (exact) mass is 443 g/mol. The van der Waals surface area contributed by atoms with Gasteiger partial charge in [0.2, 0.25) is 0 Å². The molecule has 0 aromatic heterocycles. The van der Waals surface area contributed by atoms with Crippen LogP contribution in [-0.4, -0.2) is 23.9 Å². The van der Waals surface area contributed by atoms with E-state index in [1.165, 1.54) is 5.57 Å². The van der Waals surface area contributed by atoms with Crippen LogP contribution in [-0.2, 0) is 4.79 Å². The quantitative estimate of drug-likeness (QED) is 0.198. The van der Waals surface area contributed by atoms with Crippen LogP contribution in [0.2, 0.25) is 0 Å². The van der Waals surface area contributed by atoms with Crippen LogP contribution in [0.15, 0.2) is 95.0 Å². The second-order valence-electron chi connectivity index (χ2n) is 8.41. The second kappa shape index (κ2) is 10.1. The molecule has 1 atom stereocenters. The zero-order chi connectivity index (χ0) is 23.3. The average molecular weight is 444 g/mol. The Kier molecular flexibility index (Phi) is 7.49. The van der Waals surface area contributed by atoms with E-state index >= 15 is 0 Å². The summed E-state index contributed by atoms with van der Waals surface area (Å²) in [5.41, 5.74) is 10.5. The van der Waals surface area contributed by atoms with Crippen molar-refractivity contribution >= 4 is 29.9 Å². The van der Waals surface area contributed by atoms with E-state index in [1.54, 1.807) is 30.0 Å².